The molecule has 0 aliphatic rings. The number of anilines is 1. The Balaban J connectivity index is 1.67. The van der Waals surface area contributed by atoms with E-state index >= 15 is 0 Å². The minimum absolute atomic E-state index is 0.238. The number of hydrogen-bond donors (Lipinski definition) is 3. The van der Waals surface area contributed by atoms with Crippen LogP contribution in [0.25, 0.3) is 11.3 Å². The minimum atomic E-state index is -3.73. The molecule has 0 aliphatic carbocycles. The van der Waals surface area contributed by atoms with Gasteiger partial charge in [0.2, 0.25) is 15.9 Å². The van der Waals surface area contributed by atoms with Gasteiger partial charge in [-0.25, -0.2) is 13.1 Å². The quantitative estimate of drug-likeness (QED) is 0.462. The average Bonchev–Trinajstić information content (AvgIpc) is 3.18. The predicted octanol–water partition coefficient (Wildman–Crippen LogP) is 3.96. The van der Waals surface area contributed by atoms with E-state index in [0.29, 0.717) is 29.2 Å². The van der Waals surface area contributed by atoms with Crippen molar-refractivity contribution in [2.24, 2.45) is 0 Å². The van der Waals surface area contributed by atoms with Gasteiger partial charge < -0.3 is 5.32 Å². The summed E-state index contributed by atoms with van der Waals surface area (Å²) in [7, 11) is -3.73. The summed E-state index contributed by atoms with van der Waals surface area (Å²) in [5, 5.41) is 10.2. The van der Waals surface area contributed by atoms with Crippen LogP contribution in [-0.4, -0.2) is 30.6 Å². The molecule has 2 aromatic carbocycles. The fourth-order valence-electron chi connectivity index (χ4n) is 2.96. The van der Waals surface area contributed by atoms with Gasteiger partial charge in [0.25, 0.3) is 0 Å². The van der Waals surface area contributed by atoms with Crippen LogP contribution < -0.4 is 10.0 Å². The van der Waals surface area contributed by atoms with Crippen molar-refractivity contribution in [2.45, 2.75) is 31.6 Å². The van der Waals surface area contributed by atoms with Gasteiger partial charge in [-0.1, -0.05) is 67.4 Å². The minimum Gasteiger partial charge on any atom is -0.308 e. The largest absolute Gasteiger partial charge is 0.308 e. The van der Waals surface area contributed by atoms with E-state index in [2.05, 4.69) is 20.2 Å². The Bertz CT molecular complexity index is 1080. The molecule has 0 bridgehead atoms. The Kier molecular flexibility index (Phi) is 7.25. The second kappa shape index (κ2) is 9.88. The normalized spacial score (nSPS) is 12.5. The molecular weight excluding hydrogens is 424 g/mol. The number of H-pyrrole nitrogens is 1. The van der Waals surface area contributed by atoms with E-state index in [9.17, 15) is 13.2 Å². The zero-order valence-electron chi connectivity index (χ0n) is 16.4. The lowest BCUT2D eigenvalue weighted by Crippen LogP contribution is -2.44. The first-order chi connectivity index (χ1) is 14.4. The Morgan fingerprint density at radius 1 is 1.13 bits per heavy atom. The maximum Gasteiger partial charge on any atom is 0.243 e. The highest BCUT2D eigenvalue weighted by molar-refractivity contribution is 7.88. The van der Waals surface area contributed by atoms with Gasteiger partial charge in [-0.3, -0.25) is 9.89 Å². The lowest BCUT2D eigenvalue weighted by molar-refractivity contribution is -0.117. The van der Waals surface area contributed by atoms with E-state index in [1.54, 1.807) is 30.3 Å². The number of aromatic amines is 1. The van der Waals surface area contributed by atoms with Gasteiger partial charge in [0.05, 0.1) is 11.4 Å². The molecule has 1 aromatic heterocycles. The summed E-state index contributed by atoms with van der Waals surface area (Å²) in [6, 6.07) is 16.9. The monoisotopic (exact) mass is 446 g/mol. The van der Waals surface area contributed by atoms with E-state index in [1.807, 2.05) is 37.3 Å². The average molecular weight is 447 g/mol. The number of carbonyl (C=O) groups is 1. The lowest BCUT2D eigenvalue weighted by Gasteiger charge is -2.17. The standard InChI is InChI=1S/C21H23ClN4O3S/c1-2-6-18(26-30(28,29)14-15-9-11-17(22)12-10-15)21(27)23-20-13-19(24-25-20)16-7-4-3-5-8-16/h3-5,7-13,18,26H,2,6,14H2,1H3,(H2,23,24,25,27). The molecule has 30 heavy (non-hydrogen) atoms. The summed E-state index contributed by atoms with van der Waals surface area (Å²) in [5.41, 5.74) is 2.27. The molecule has 1 atom stereocenters. The molecule has 0 spiro atoms. The maximum atomic E-state index is 12.7. The van der Waals surface area contributed by atoms with Gasteiger partial charge in [-0.2, -0.15) is 5.10 Å². The Morgan fingerprint density at radius 2 is 1.83 bits per heavy atom. The molecule has 1 amide bonds. The molecule has 3 N–H and O–H groups in total. The Morgan fingerprint density at radius 3 is 2.50 bits per heavy atom. The fourth-order valence-corrected chi connectivity index (χ4v) is 4.45. The van der Waals surface area contributed by atoms with E-state index < -0.39 is 22.0 Å². The second-order valence-corrected chi connectivity index (χ2v) is 9.06. The molecule has 7 nitrogen and oxygen atoms in total. The van der Waals surface area contributed by atoms with Crippen LogP contribution in [-0.2, 0) is 20.6 Å². The summed E-state index contributed by atoms with van der Waals surface area (Å²) >= 11 is 5.84. The SMILES string of the molecule is CCCC(NS(=O)(=O)Cc1ccc(Cl)cc1)C(=O)Nc1cc(-c2ccccc2)[nH]n1. The first kappa shape index (κ1) is 22.0. The number of aromatic nitrogens is 2. The van der Waals surface area contributed by atoms with Gasteiger partial charge >= 0.3 is 0 Å². The fraction of sp³-hybridized carbons (Fsp3) is 0.238. The summed E-state index contributed by atoms with van der Waals surface area (Å²) in [6.45, 7) is 1.88. The third-order valence-electron chi connectivity index (χ3n) is 4.40. The molecular formula is C21H23ClN4O3S. The van der Waals surface area contributed by atoms with Crippen LogP contribution in [0.3, 0.4) is 0 Å². The van der Waals surface area contributed by atoms with E-state index in [4.69, 9.17) is 11.6 Å². The number of rotatable bonds is 9. The molecule has 0 aliphatic heterocycles. The third-order valence-corrected chi connectivity index (χ3v) is 6.01. The molecule has 0 fully saturated rings. The van der Waals surface area contributed by atoms with Gasteiger partial charge in [0.15, 0.2) is 5.82 Å². The van der Waals surface area contributed by atoms with Crippen molar-refractivity contribution >= 4 is 33.3 Å². The summed E-state index contributed by atoms with van der Waals surface area (Å²) in [4.78, 5) is 12.7. The van der Waals surface area contributed by atoms with Gasteiger partial charge in [-0.05, 0) is 29.7 Å². The molecule has 3 rings (SSSR count). The zero-order valence-corrected chi connectivity index (χ0v) is 18.0. The van der Waals surface area contributed by atoms with E-state index in [0.717, 1.165) is 11.3 Å². The molecule has 0 saturated carbocycles. The highest BCUT2D eigenvalue weighted by atomic mass is 35.5. The van der Waals surface area contributed by atoms with Crippen LogP contribution in [0.15, 0.2) is 60.7 Å². The Hall–Kier alpha value is -2.68. The smallest absolute Gasteiger partial charge is 0.243 e. The number of nitrogens with zero attached hydrogens (tertiary/aromatic N) is 1. The number of nitrogens with one attached hydrogen (secondary N) is 3. The van der Waals surface area contributed by atoms with E-state index in [1.165, 1.54) is 0 Å². The first-order valence-electron chi connectivity index (χ1n) is 9.52. The summed E-state index contributed by atoms with van der Waals surface area (Å²) < 4.78 is 27.6. The molecule has 9 heteroatoms. The Labute approximate surface area is 180 Å². The lowest BCUT2D eigenvalue weighted by atomic mass is 10.1. The van der Waals surface area contributed by atoms with Gasteiger partial charge in [0.1, 0.15) is 6.04 Å². The molecule has 1 heterocycles. The highest BCUT2D eigenvalue weighted by Gasteiger charge is 2.24. The molecule has 3 aromatic rings. The number of hydrogen-bond acceptors (Lipinski definition) is 4. The first-order valence-corrected chi connectivity index (χ1v) is 11.6. The molecule has 0 saturated heterocycles. The van der Waals surface area contributed by atoms with Crippen molar-refractivity contribution in [3.05, 3.63) is 71.2 Å². The topological polar surface area (TPSA) is 104 Å². The summed E-state index contributed by atoms with van der Waals surface area (Å²) in [5.74, 6) is -0.363. The number of amides is 1. The number of sulfonamides is 1. The van der Waals surface area contributed by atoms with Crippen LogP contribution in [0.2, 0.25) is 5.02 Å². The maximum absolute atomic E-state index is 12.7. The van der Waals surface area contributed by atoms with Crippen LogP contribution in [0.4, 0.5) is 5.82 Å². The van der Waals surface area contributed by atoms with Crippen molar-refractivity contribution in [3.63, 3.8) is 0 Å². The van der Waals surface area contributed by atoms with Crippen molar-refractivity contribution in [2.75, 3.05) is 5.32 Å². The van der Waals surface area contributed by atoms with Crippen molar-refractivity contribution < 1.29 is 13.2 Å². The van der Waals surface area contributed by atoms with Crippen LogP contribution in [0, 0.1) is 0 Å². The second-order valence-electron chi connectivity index (χ2n) is 6.87. The number of carbonyl (C=O) groups excluding carboxylic acids is 1. The number of halogens is 1. The van der Waals surface area contributed by atoms with Crippen LogP contribution >= 0.6 is 11.6 Å². The summed E-state index contributed by atoms with van der Waals surface area (Å²) in [6.07, 6.45) is 0.999. The molecule has 0 radical (unpaired) electrons. The van der Waals surface area contributed by atoms with Crippen molar-refractivity contribution in [1.29, 1.82) is 0 Å². The third kappa shape index (κ3) is 6.16. The van der Waals surface area contributed by atoms with Gasteiger partial charge in [0, 0.05) is 11.1 Å². The van der Waals surface area contributed by atoms with Crippen LogP contribution in [0.5, 0.6) is 0 Å². The highest BCUT2D eigenvalue weighted by Crippen LogP contribution is 2.19. The van der Waals surface area contributed by atoms with Crippen molar-refractivity contribution in [1.82, 2.24) is 14.9 Å². The van der Waals surface area contributed by atoms with E-state index in [-0.39, 0.29) is 5.75 Å². The predicted molar refractivity (Wildman–Crippen MR) is 119 cm³/mol. The molecule has 1 unspecified atom stereocenters. The van der Waals surface area contributed by atoms with Crippen LogP contribution in [0.1, 0.15) is 25.3 Å². The van der Waals surface area contributed by atoms with Gasteiger partial charge in [-0.15, -0.1) is 0 Å². The van der Waals surface area contributed by atoms with Crippen molar-refractivity contribution in [3.8, 4) is 11.3 Å². The number of benzene rings is 2. The zero-order chi connectivity index (χ0) is 21.6. The molecule has 158 valence electrons.